The van der Waals surface area contributed by atoms with Gasteiger partial charge in [0, 0.05) is 38.0 Å². The third kappa shape index (κ3) is 3.78. The predicted octanol–water partition coefficient (Wildman–Crippen LogP) is 2.39. The van der Waals surface area contributed by atoms with Crippen LogP contribution in [-0.2, 0) is 4.79 Å². The molecule has 0 bridgehead atoms. The molecule has 5 heteroatoms. The summed E-state index contributed by atoms with van der Waals surface area (Å²) in [5.74, 6) is -0.408. The summed E-state index contributed by atoms with van der Waals surface area (Å²) >= 11 is 0. The first-order valence-electron chi connectivity index (χ1n) is 8.35. The average Bonchev–Trinajstić information content (AvgIpc) is 3.02. The number of piperidine rings is 1. The van der Waals surface area contributed by atoms with E-state index in [0.29, 0.717) is 11.0 Å². The number of nitrogens with one attached hydrogen (secondary N) is 1. The van der Waals surface area contributed by atoms with E-state index in [1.54, 1.807) is 0 Å². The summed E-state index contributed by atoms with van der Waals surface area (Å²) in [6.07, 6.45) is 3.74. The van der Waals surface area contributed by atoms with Gasteiger partial charge in [0.1, 0.15) is 5.82 Å². The van der Waals surface area contributed by atoms with Crippen LogP contribution in [0.2, 0.25) is 0 Å². The van der Waals surface area contributed by atoms with Gasteiger partial charge >= 0.3 is 0 Å². The lowest BCUT2D eigenvalue weighted by Crippen LogP contribution is -2.44. The van der Waals surface area contributed by atoms with Gasteiger partial charge < -0.3 is 10.2 Å². The first-order valence-corrected chi connectivity index (χ1v) is 8.35. The number of ketones is 1. The SMILES string of the molecule is O=C(CCC(=O)N1CCC2(CCNC2)CC1)c1ccc(F)cc1. The van der Waals surface area contributed by atoms with E-state index in [4.69, 9.17) is 0 Å². The van der Waals surface area contributed by atoms with E-state index in [-0.39, 0.29) is 30.3 Å². The highest BCUT2D eigenvalue weighted by Crippen LogP contribution is 2.37. The molecule has 1 aromatic rings. The average molecular weight is 318 g/mol. The Morgan fingerprint density at radius 2 is 1.78 bits per heavy atom. The van der Waals surface area contributed by atoms with Crippen LogP contribution in [0.3, 0.4) is 0 Å². The lowest BCUT2D eigenvalue weighted by molar-refractivity contribution is -0.133. The number of hydrogen-bond acceptors (Lipinski definition) is 3. The van der Waals surface area contributed by atoms with Crippen LogP contribution >= 0.6 is 0 Å². The number of Topliss-reactive ketones (excluding diaryl/α,β-unsaturated/α-hetero) is 1. The number of halogens is 1. The molecule has 0 aromatic heterocycles. The minimum Gasteiger partial charge on any atom is -0.343 e. The third-order valence-electron chi connectivity index (χ3n) is 5.24. The van der Waals surface area contributed by atoms with Gasteiger partial charge in [-0.05, 0) is 55.5 Å². The van der Waals surface area contributed by atoms with Gasteiger partial charge in [0.05, 0.1) is 0 Å². The van der Waals surface area contributed by atoms with Crippen molar-refractivity contribution < 1.29 is 14.0 Å². The summed E-state index contributed by atoms with van der Waals surface area (Å²) < 4.78 is 12.9. The Labute approximate surface area is 136 Å². The second-order valence-electron chi connectivity index (χ2n) is 6.74. The fraction of sp³-hybridized carbons (Fsp3) is 0.556. The standard InChI is InChI=1S/C18H23FN2O2/c19-15-3-1-14(2-4-15)16(22)5-6-17(23)21-11-8-18(9-12-21)7-10-20-13-18/h1-4,20H,5-13H2. The van der Waals surface area contributed by atoms with Crippen LogP contribution in [0.4, 0.5) is 4.39 Å². The fourth-order valence-corrected chi connectivity index (χ4v) is 3.61. The van der Waals surface area contributed by atoms with E-state index >= 15 is 0 Å². The predicted molar refractivity (Wildman–Crippen MR) is 85.7 cm³/mol. The molecular weight excluding hydrogens is 295 g/mol. The quantitative estimate of drug-likeness (QED) is 0.867. The molecule has 2 fully saturated rings. The van der Waals surface area contributed by atoms with Crippen molar-refractivity contribution in [3.05, 3.63) is 35.6 Å². The van der Waals surface area contributed by atoms with E-state index < -0.39 is 0 Å². The number of amides is 1. The summed E-state index contributed by atoms with van der Waals surface area (Å²) in [5.41, 5.74) is 0.856. The molecule has 0 unspecified atom stereocenters. The molecule has 1 amide bonds. The Kier molecular flexibility index (Phi) is 4.76. The van der Waals surface area contributed by atoms with Gasteiger partial charge in [0.2, 0.25) is 5.91 Å². The number of carbonyl (C=O) groups excluding carboxylic acids is 2. The maximum Gasteiger partial charge on any atom is 0.223 e. The number of nitrogens with zero attached hydrogens (tertiary/aromatic N) is 1. The third-order valence-corrected chi connectivity index (χ3v) is 5.24. The Bertz CT molecular complexity index is 569. The Hall–Kier alpha value is -1.75. The molecule has 0 aliphatic carbocycles. The van der Waals surface area contributed by atoms with Crippen LogP contribution in [0, 0.1) is 11.2 Å². The second kappa shape index (κ2) is 6.79. The molecule has 3 rings (SSSR count). The van der Waals surface area contributed by atoms with E-state index in [9.17, 15) is 14.0 Å². The van der Waals surface area contributed by atoms with Gasteiger partial charge in [-0.25, -0.2) is 4.39 Å². The minimum atomic E-state index is -0.360. The van der Waals surface area contributed by atoms with E-state index in [1.165, 1.54) is 30.7 Å². The van der Waals surface area contributed by atoms with Crippen LogP contribution in [0.5, 0.6) is 0 Å². The van der Waals surface area contributed by atoms with Gasteiger partial charge in [-0.15, -0.1) is 0 Å². The number of carbonyl (C=O) groups is 2. The van der Waals surface area contributed by atoms with Crippen LogP contribution < -0.4 is 5.32 Å². The molecule has 0 atom stereocenters. The van der Waals surface area contributed by atoms with Gasteiger partial charge in [0.15, 0.2) is 5.78 Å². The molecule has 4 nitrogen and oxygen atoms in total. The van der Waals surface area contributed by atoms with Gasteiger partial charge in [0.25, 0.3) is 0 Å². The zero-order chi connectivity index (χ0) is 16.3. The zero-order valence-electron chi connectivity index (χ0n) is 13.3. The van der Waals surface area contributed by atoms with Crippen LogP contribution in [-0.4, -0.2) is 42.8 Å². The topological polar surface area (TPSA) is 49.4 Å². The molecule has 0 saturated carbocycles. The summed E-state index contributed by atoms with van der Waals surface area (Å²) in [6.45, 7) is 3.74. The fourth-order valence-electron chi connectivity index (χ4n) is 3.61. The molecule has 124 valence electrons. The Balaban J connectivity index is 1.46. The lowest BCUT2D eigenvalue weighted by atomic mass is 9.78. The molecule has 1 aromatic carbocycles. The van der Waals surface area contributed by atoms with Crippen LogP contribution in [0.1, 0.15) is 42.5 Å². The molecule has 0 radical (unpaired) electrons. The molecule has 1 N–H and O–H groups in total. The van der Waals surface area contributed by atoms with Gasteiger partial charge in [-0.2, -0.15) is 0 Å². The summed E-state index contributed by atoms with van der Waals surface area (Å²) in [5, 5.41) is 3.41. The number of hydrogen-bond donors (Lipinski definition) is 1. The smallest absolute Gasteiger partial charge is 0.223 e. The van der Waals surface area contributed by atoms with Crippen LogP contribution in [0.15, 0.2) is 24.3 Å². The molecule has 23 heavy (non-hydrogen) atoms. The van der Waals surface area contributed by atoms with Crippen molar-refractivity contribution in [3.8, 4) is 0 Å². The largest absolute Gasteiger partial charge is 0.343 e. The van der Waals surface area contributed by atoms with Crippen molar-refractivity contribution in [2.75, 3.05) is 26.2 Å². The monoisotopic (exact) mass is 318 g/mol. The van der Waals surface area contributed by atoms with Gasteiger partial charge in [-0.3, -0.25) is 9.59 Å². The normalized spacial score (nSPS) is 20.0. The Morgan fingerprint density at radius 1 is 1.09 bits per heavy atom. The minimum absolute atomic E-state index is 0.0567. The number of rotatable bonds is 4. The van der Waals surface area contributed by atoms with Crippen molar-refractivity contribution in [1.82, 2.24) is 10.2 Å². The summed E-state index contributed by atoms with van der Waals surface area (Å²) in [4.78, 5) is 26.2. The first-order chi connectivity index (χ1) is 11.1. The van der Waals surface area contributed by atoms with Crippen molar-refractivity contribution in [3.63, 3.8) is 0 Å². The van der Waals surface area contributed by atoms with E-state index in [0.717, 1.165) is 39.0 Å². The molecule has 2 saturated heterocycles. The zero-order valence-corrected chi connectivity index (χ0v) is 13.3. The molecule has 2 aliphatic rings. The highest BCUT2D eigenvalue weighted by molar-refractivity contribution is 5.97. The highest BCUT2D eigenvalue weighted by atomic mass is 19.1. The molecule has 2 heterocycles. The van der Waals surface area contributed by atoms with Crippen molar-refractivity contribution in [1.29, 1.82) is 0 Å². The first kappa shape index (κ1) is 16.1. The van der Waals surface area contributed by atoms with Crippen molar-refractivity contribution in [2.24, 2.45) is 5.41 Å². The summed E-state index contributed by atoms with van der Waals surface area (Å²) in [7, 11) is 0. The summed E-state index contributed by atoms with van der Waals surface area (Å²) in [6, 6.07) is 5.49. The number of benzene rings is 1. The van der Waals surface area contributed by atoms with E-state index in [1.807, 2.05) is 4.90 Å². The van der Waals surface area contributed by atoms with Crippen molar-refractivity contribution >= 4 is 11.7 Å². The second-order valence-corrected chi connectivity index (χ2v) is 6.74. The van der Waals surface area contributed by atoms with Crippen molar-refractivity contribution in [2.45, 2.75) is 32.1 Å². The van der Waals surface area contributed by atoms with Crippen LogP contribution in [0.25, 0.3) is 0 Å². The molecule has 1 spiro atoms. The maximum absolute atomic E-state index is 12.9. The molecule has 2 aliphatic heterocycles. The maximum atomic E-state index is 12.9. The number of likely N-dealkylation sites (tertiary alicyclic amines) is 1. The highest BCUT2D eigenvalue weighted by Gasteiger charge is 2.37. The van der Waals surface area contributed by atoms with Gasteiger partial charge in [-0.1, -0.05) is 0 Å². The lowest BCUT2D eigenvalue weighted by Gasteiger charge is -2.38. The Morgan fingerprint density at radius 3 is 2.39 bits per heavy atom. The molecular formula is C18H23FN2O2. The van der Waals surface area contributed by atoms with E-state index in [2.05, 4.69) is 5.32 Å².